The predicted octanol–water partition coefficient (Wildman–Crippen LogP) is 5.53. The molecule has 0 aliphatic heterocycles. The van der Waals surface area contributed by atoms with Gasteiger partial charge in [0.1, 0.15) is 0 Å². The maximum absolute atomic E-state index is 13.0. The number of sulfonamides is 1. The molecule has 0 atom stereocenters. The molecule has 1 fully saturated rings. The quantitative estimate of drug-likeness (QED) is 0.272. The molecule has 3 rings (SSSR count). The molecule has 8 heteroatoms. The summed E-state index contributed by atoms with van der Waals surface area (Å²) in [5.74, 6) is 0.822. The second kappa shape index (κ2) is 12.0. The Morgan fingerprint density at radius 1 is 1.03 bits per heavy atom. The Bertz CT molecular complexity index is 1160. The molecule has 7 nitrogen and oxygen atoms in total. The topological polar surface area (TPSA) is 105 Å². The van der Waals surface area contributed by atoms with Crippen LogP contribution in [0.3, 0.4) is 0 Å². The van der Waals surface area contributed by atoms with Crippen LogP contribution in [-0.2, 0) is 15.6 Å². The number of amides is 1. The fourth-order valence-corrected chi connectivity index (χ4v) is 6.09. The molecule has 0 radical (unpaired) electrons. The number of benzene rings is 2. The summed E-state index contributed by atoms with van der Waals surface area (Å²) in [5, 5.41) is 2.95. The Balaban J connectivity index is 1.79. The molecule has 1 aliphatic rings. The third-order valence-corrected chi connectivity index (χ3v) is 8.78. The van der Waals surface area contributed by atoms with Gasteiger partial charge in [0, 0.05) is 30.3 Å². The van der Waals surface area contributed by atoms with Gasteiger partial charge in [-0.25, -0.2) is 8.42 Å². The summed E-state index contributed by atoms with van der Waals surface area (Å²) in [6.07, 6.45) is 5.30. The van der Waals surface area contributed by atoms with E-state index < -0.39 is 15.6 Å². The van der Waals surface area contributed by atoms with Gasteiger partial charge in [0.25, 0.3) is 5.91 Å². The fraction of sp³-hybridized carbons (Fsp3) is 0.500. The van der Waals surface area contributed by atoms with Crippen LogP contribution in [-0.4, -0.2) is 37.6 Å². The van der Waals surface area contributed by atoms with Gasteiger partial charge in [0.15, 0.2) is 0 Å². The molecule has 0 aromatic heterocycles. The lowest BCUT2D eigenvalue weighted by Crippen LogP contribution is -2.32. The number of hydrogen-bond acceptors (Lipinski definition) is 4. The van der Waals surface area contributed by atoms with Gasteiger partial charge in [-0.05, 0) is 80.5 Å². The van der Waals surface area contributed by atoms with Crippen molar-refractivity contribution in [3.8, 4) is 0 Å². The maximum atomic E-state index is 13.0. The zero-order valence-electron chi connectivity index (χ0n) is 22.0. The van der Waals surface area contributed by atoms with Crippen LogP contribution in [0.4, 0.5) is 5.69 Å². The Hall–Kier alpha value is -2.71. The van der Waals surface area contributed by atoms with Gasteiger partial charge in [0.2, 0.25) is 10.0 Å². The molecular weight excluding hydrogens is 472 g/mol. The molecular formula is C28H40N4O3S. The van der Waals surface area contributed by atoms with Gasteiger partial charge in [-0.2, -0.15) is 4.31 Å². The lowest BCUT2D eigenvalue weighted by molar-refractivity contribution is 0.102. The van der Waals surface area contributed by atoms with Crippen LogP contribution in [0.25, 0.3) is 0 Å². The van der Waals surface area contributed by atoms with E-state index in [1.807, 2.05) is 38.1 Å². The van der Waals surface area contributed by atoms with Crippen LogP contribution in [0.15, 0.2) is 58.4 Å². The molecule has 2 aromatic carbocycles. The van der Waals surface area contributed by atoms with Crippen LogP contribution in [0, 0.1) is 5.92 Å². The minimum Gasteiger partial charge on any atom is -0.387 e. The van der Waals surface area contributed by atoms with Gasteiger partial charge in [0.05, 0.1) is 16.3 Å². The van der Waals surface area contributed by atoms with Crippen LogP contribution in [0.5, 0.6) is 0 Å². The second-order valence-corrected chi connectivity index (χ2v) is 11.5. The Morgan fingerprint density at radius 3 is 2.17 bits per heavy atom. The number of carbonyl (C=O) groups is 1. The molecule has 2 aromatic rings. The van der Waals surface area contributed by atoms with Gasteiger partial charge in [-0.1, -0.05) is 39.8 Å². The van der Waals surface area contributed by atoms with E-state index in [2.05, 4.69) is 19.2 Å². The van der Waals surface area contributed by atoms with Crippen molar-refractivity contribution in [3.63, 3.8) is 0 Å². The van der Waals surface area contributed by atoms with Crippen molar-refractivity contribution in [2.24, 2.45) is 16.6 Å². The molecule has 0 heterocycles. The first kappa shape index (κ1) is 27.9. The number of carbonyl (C=O) groups excluding carboxylic acids is 1. The molecule has 0 unspecified atom stereocenters. The molecule has 196 valence electrons. The molecule has 1 aliphatic carbocycles. The third kappa shape index (κ3) is 6.34. The van der Waals surface area contributed by atoms with Crippen LogP contribution < -0.4 is 11.1 Å². The predicted molar refractivity (Wildman–Crippen MR) is 147 cm³/mol. The summed E-state index contributed by atoms with van der Waals surface area (Å²) in [6.45, 7) is 9.08. The lowest BCUT2D eigenvalue weighted by atomic mass is 9.85. The highest BCUT2D eigenvalue weighted by Gasteiger charge is 2.32. The highest BCUT2D eigenvalue weighted by atomic mass is 32.2. The van der Waals surface area contributed by atoms with E-state index in [0.29, 0.717) is 30.3 Å². The summed E-state index contributed by atoms with van der Waals surface area (Å²) >= 11 is 0. The van der Waals surface area contributed by atoms with Crippen LogP contribution in [0.1, 0.15) is 82.1 Å². The smallest absolute Gasteiger partial charge is 0.255 e. The van der Waals surface area contributed by atoms with E-state index in [0.717, 1.165) is 49.9 Å². The van der Waals surface area contributed by atoms with Crippen molar-refractivity contribution in [3.05, 3.63) is 59.7 Å². The average Bonchev–Trinajstić information content (AvgIpc) is 3.73. The van der Waals surface area contributed by atoms with E-state index in [4.69, 9.17) is 10.7 Å². The summed E-state index contributed by atoms with van der Waals surface area (Å²) in [4.78, 5) is 18.1. The zero-order chi connectivity index (χ0) is 26.3. The summed E-state index contributed by atoms with van der Waals surface area (Å²) in [6, 6.07) is 13.9. The van der Waals surface area contributed by atoms with E-state index in [9.17, 15) is 13.2 Å². The zero-order valence-corrected chi connectivity index (χ0v) is 22.8. The first-order valence-electron chi connectivity index (χ1n) is 13.1. The highest BCUT2D eigenvalue weighted by Crippen LogP contribution is 2.37. The molecule has 0 bridgehead atoms. The van der Waals surface area contributed by atoms with Gasteiger partial charge < -0.3 is 11.1 Å². The fourth-order valence-electron chi connectivity index (χ4n) is 4.47. The number of nitrogens with one attached hydrogen (secondary N) is 1. The van der Waals surface area contributed by atoms with E-state index in [1.54, 1.807) is 12.1 Å². The van der Waals surface area contributed by atoms with E-state index >= 15 is 0 Å². The standard InChI is InChI=1S/C28H40N4O3S/c1-5-18-32(19-6-2)36(34,35)25-16-14-22(15-17-25)27(33)30-24-11-9-10-23(20-24)28(7-3,8-4)31-26(29)21-12-13-21/h9-11,14-17,20-21H,5-8,12-13,18-19H2,1-4H3,(H2,29,31)(H,30,33). The van der Waals surface area contributed by atoms with Crippen molar-refractivity contribution in [1.29, 1.82) is 0 Å². The van der Waals surface area contributed by atoms with Crippen LogP contribution >= 0.6 is 0 Å². The molecule has 0 saturated heterocycles. The normalized spacial score (nSPS) is 14.8. The van der Waals surface area contributed by atoms with Gasteiger partial charge in [-0.15, -0.1) is 0 Å². The highest BCUT2D eigenvalue weighted by molar-refractivity contribution is 7.89. The van der Waals surface area contributed by atoms with Crippen LogP contribution in [0.2, 0.25) is 0 Å². The van der Waals surface area contributed by atoms with Crippen molar-refractivity contribution in [2.75, 3.05) is 18.4 Å². The number of nitrogens with two attached hydrogens (primary N) is 1. The van der Waals surface area contributed by atoms with Gasteiger partial charge in [-0.3, -0.25) is 9.79 Å². The Morgan fingerprint density at radius 2 is 1.64 bits per heavy atom. The summed E-state index contributed by atoms with van der Waals surface area (Å²) < 4.78 is 27.5. The molecule has 3 N–H and O–H groups in total. The van der Waals surface area contributed by atoms with Crippen molar-refractivity contribution >= 4 is 27.5 Å². The Kier molecular flexibility index (Phi) is 9.30. The molecule has 1 saturated carbocycles. The number of nitrogens with zero attached hydrogens (tertiary/aromatic N) is 2. The molecule has 0 spiro atoms. The minimum absolute atomic E-state index is 0.199. The van der Waals surface area contributed by atoms with Crippen molar-refractivity contribution in [2.45, 2.75) is 76.7 Å². The average molecular weight is 513 g/mol. The Labute approximate surface area is 216 Å². The monoisotopic (exact) mass is 512 g/mol. The van der Waals surface area contributed by atoms with Crippen molar-refractivity contribution < 1.29 is 13.2 Å². The summed E-state index contributed by atoms with van der Waals surface area (Å²) in [7, 11) is -3.59. The third-order valence-electron chi connectivity index (χ3n) is 6.87. The largest absolute Gasteiger partial charge is 0.387 e. The maximum Gasteiger partial charge on any atom is 0.255 e. The van der Waals surface area contributed by atoms with Gasteiger partial charge >= 0.3 is 0 Å². The number of aliphatic imine (C=N–C) groups is 1. The number of hydrogen-bond donors (Lipinski definition) is 2. The number of amidine groups is 1. The number of rotatable bonds is 13. The second-order valence-electron chi connectivity index (χ2n) is 9.51. The van der Waals surface area contributed by atoms with Crippen molar-refractivity contribution in [1.82, 2.24) is 4.31 Å². The summed E-state index contributed by atoms with van der Waals surface area (Å²) in [5.41, 5.74) is 7.93. The first-order valence-corrected chi connectivity index (χ1v) is 14.5. The van der Waals surface area contributed by atoms with E-state index in [-0.39, 0.29) is 10.8 Å². The molecule has 36 heavy (non-hydrogen) atoms. The SMILES string of the molecule is CCCN(CCC)S(=O)(=O)c1ccc(C(=O)Nc2cccc(C(CC)(CC)N=C(N)C3CC3)c2)cc1. The van der Waals surface area contributed by atoms with E-state index in [1.165, 1.54) is 16.4 Å². The lowest BCUT2D eigenvalue weighted by Gasteiger charge is -2.29. The molecule has 1 amide bonds. The first-order chi connectivity index (χ1) is 17.2. The number of anilines is 1. The minimum atomic E-state index is -3.59.